The van der Waals surface area contributed by atoms with Crippen LogP contribution >= 0.6 is 25.9 Å². The van der Waals surface area contributed by atoms with Crippen LogP contribution in [0.25, 0.3) is 0 Å². The number of hydrogen-bond acceptors (Lipinski definition) is 5. The van der Waals surface area contributed by atoms with Gasteiger partial charge in [0, 0.05) is 0 Å². The van der Waals surface area contributed by atoms with Gasteiger partial charge in [-0.25, -0.2) is 0 Å². The summed E-state index contributed by atoms with van der Waals surface area (Å²) < 4.78 is 4.74. The summed E-state index contributed by atoms with van der Waals surface area (Å²) in [6.45, 7) is -1.61. The van der Waals surface area contributed by atoms with Crippen molar-refractivity contribution < 1.29 is 24.1 Å². The van der Waals surface area contributed by atoms with Crippen LogP contribution in [0.3, 0.4) is 0 Å². The molecular weight excluding hydrogens is 494 g/mol. The molecule has 0 aliphatic rings. The quantitative estimate of drug-likeness (QED) is 0.0498. The first-order valence-electron chi connectivity index (χ1n) is 13.5. The van der Waals surface area contributed by atoms with Crippen LogP contribution in [0.1, 0.15) is 142 Å². The summed E-state index contributed by atoms with van der Waals surface area (Å²) in [5, 5.41) is 0. The Balaban J connectivity index is 0. The van der Waals surface area contributed by atoms with Crippen molar-refractivity contribution in [1.29, 1.82) is 0 Å². The van der Waals surface area contributed by atoms with Crippen molar-refractivity contribution in [3.8, 4) is 0 Å². The molecule has 0 atom stereocenters. The second-order valence-electron chi connectivity index (χ2n) is 9.21. The zero-order valence-electron chi connectivity index (χ0n) is 21.6. The Morgan fingerprint density at radius 2 is 0.909 bits per heavy atom. The van der Waals surface area contributed by atoms with Crippen LogP contribution in [0.4, 0.5) is 0 Å². The SMILES string of the molecule is CCCCCCCCCCCCOP(O)(O)=S.CCCCCCCCCCCC[PH](O)(O)S. The van der Waals surface area contributed by atoms with E-state index in [2.05, 4.69) is 37.9 Å². The van der Waals surface area contributed by atoms with Crippen LogP contribution in [0, 0.1) is 0 Å². The van der Waals surface area contributed by atoms with E-state index in [4.69, 9.17) is 24.1 Å². The third-order valence-electron chi connectivity index (χ3n) is 5.62. The summed E-state index contributed by atoms with van der Waals surface area (Å²) in [4.78, 5) is 35.8. The van der Waals surface area contributed by atoms with Gasteiger partial charge in [-0.3, -0.25) is 0 Å². The Bertz CT molecular complexity index is 432. The van der Waals surface area contributed by atoms with Crippen LogP contribution in [-0.2, 0) is 16.3 Å². The first-order valence-corrected chi connectivity index (χ1v) is 19.5. The van der Waals surface area contributed by atoms with Gasteiger partial charge < -0.3 is 14.3 Å². The molecule has 9 heteroatoms. The summed E-state index contributed by atoms with van der Waals surface area (Å²) in [5.41, 5.74) is 0. The van der Waals surface area contributed by atoms with Gasteiger partial charge in [0.05, 0.1) is 6.61 Å². The summed E-state index contributed by atoms with van der Waals surface area (Å²) in [7, 11) is 0. The standard InChI is InChI=1S/C12H27O3PS.C12H29O2PS/c1-2-3-4-5-6-7-8-9-10-11-12-15-16(13,14)17;1-2-3-4-5-6-7-8-9-10-11-12-15(13,14)16/h2-12H2,1H3,(H2,13,14,17);13-16H,2-12H2,1H3. The van der Waals surface area contributed by atoms with Gasteiger partial charge in [0.15, 0.2) is 0 Å². The Kier molecular flexibility index (Phi) is 29.0. The van der Waals surface area contributed by atoms with Crippen LogP contribution in [0.5, 0.6) is 0 Å². The van der Waals surface area contributed by atoms with Crippen molar-refractivity contribution in [2.75, 3.05) is 12.8 Å². The van der Waals surface area contributed by atoms with Crippen molar-refractivity contribution in [2.24, 2.45) is 0 Å². The number of rotatable bonds is 23. The molecule has 4 N–H and O–H groups in total. The monoisotopic (exact) mass is 550 g/mol. The summed E-state index contributed by atoms with van der Waals surface area (Å²) >= 11 is 8.15. The molecule has 0 saturated heterocycles. The molecule has 0 fully saturated rings. The Hall–Kier alpha value is 1.23. The van der Waals surface area contributed by atoms with E-state index in [1.807, 2.05) is 0 Å². The summed E-state index contributed by atoms with van der Waals surface area (Å²) in [5.74, 6) is 0. The van der Waals surface area contributed by atoms with E-state index in [-0.39, 0.29) is 0 Å². The van der Waals surface area contributed by atoms with E-state index in [0.717, 1.165) is 25.7 Å². The third-order valence-corrected chi connectivity index (χ3v) is 8.15. The molecule has 0 amide bonds. The molecule has 0 radical (unpaired) electrons. The minimum atomic E-state index is -3.41. The second kappa shape index (κ2) is 26.3. The first-order chi connectivity index (χ1) is 15.6. The molecule has 0 unspecified atom stereocenters. The Morgan fingerprint density at radius 3 is 1.21 bits per heavy atom. The van der Waals surface area contributed by atoms with Gasteiger partial charge in [0.2, 0.25) is 0 Å². The van der Waals surface area contributed by atoms with Gasteiger partial charge in [-0.05, 0) is 18.2 Å². The van der Waals surface area contributed by atoms with Crippen molar-refractivity contribution in [2.45, 2.75) is 142 Å². The molecular formula is C24H56O5P2S2. The summed E-state index contributed by atoms with van der Waals surface area (Å²) in [6.07, 6.45) is 25.8. The predicted molar refractivity (Wildman–Crippen MR) is 155 cm³/mol. The molecule has 0 aliphatic carbocycles. The average Bonchev–Trinajstić information content (AvgIpc) is 2.72. The van der Waals surface area contributed by atoms with Crippen LogP contribution in [0.2, 0.25) is 0 Å². The third kappa shape index (κ3) is 40.7. The molecule has 5 nitrogen and oxygen atoms in total. The second-order valence-corrected chi connectivity index (χ2v) is 16.1. The van der Waals surface area contributed by atoms with Gasteiger partial charge >= 0.3 is 113 Å². The molecule has 0 bridgehead atoms. The zero-order chi connectivity index (χ0) is 25.3. The Morgan fingerprint density at radius 1 is 0.606 bits per heavy atom. The number of hydrogen-bond donors (Lipinski definition) is 5. The fourth-order valence-corrected chi connectivity index (χ4v) is 5.41. The zero-order valence-corrected chi connectivity index (χ0v) is 25.2. The molecule has 204 valence electrons. The van der Waals surface area contributed by atoms with E-state index in [0.29, 0.717) is 12.8 Å². The molecule has 0 aromatic carbocycles. The molecule has 0 aromatic heterocycles. The molecule has 0 heterocycles. The topological polar surface area (TPSA) is 90.2 Å². The van der Waals surface area contributed by atoms with Crippen molar-refractivity contribution in [1.82, 2.24) is 0 Å². The van der Waals surface area contributed by atoms with Crippen molar-refractivity contribution in [3.05, 3.63) is 0 Å². The average molecular weight is 551 g/mol. The molecule has 33 heavy (non-hydrogen) atoms. The maximum absolute atomic E-state index is 9.10. The van der Waals surface area contributed by atoms with Gasteiger partial charge in [-0.15, -0.1) is 0 Å². The fourth-order valence-electron chi connectivity index (χ4n) is 3.62. The van der Waals surface area contributed by atoms with Crippen LogP contribution in [0.15, 0.2) is 0 Å². The molecule has 0 saturated carbocycles. The van der Waals surface area contributed by atoms with E-state index >= 15 is 0 Å². The van der Waals surface area contributed by atoms with Crippen LogP contribution < -0.4 is 0 Å². The molecule has 0 spiro atoms. The van der Waals surface area contributed by atoms with Gasteiger partial charge in [0.1, 0.15) is 0 Å². The van der Waals surface area contributed by atoms with Gasteiger partial charge in [0.25, 0.3) is 0 Å². The van der Waals surface area contributed by atoms with E-state index < -0.39 is 13.6 Å². The minimum absolute atomic E-state index is 0.376. The van der Waals surface area contributed by atoms with E-state index in [9.17, 15) is 0 Å². The predicted octanol–water partition coefficient (Wildman–Crippen LogP) is 8.45. The number of unbranched alkanes of at least 4 members (excludes halogenated alkanes) is 18. The van der Waals surface area contributed by atoms with Gasteiger partial charge in [-0.1, -0.05) is 64.7 Å². The summed E-state index contributed by atoms with van der Waals surface area (Å²) in [6, 6.07) is 0. The fraction of sp³-hybridized carbons (Fsp3) is 1.00. The normalized spacial score (nSPS) is 12.5. The molecule has 0 aliphatic heterocycles. The van der Waals surface area contributed by atoms with E-state index in [1.165, 1.54) is 103 Å². The van der Waals surface area contributed by atoms with Crippen molar-refractivity contribution in [3.63, 3.8) is 0 Å². The first kappa shape index (κ1) is 36.4. The van der Waals surface area contributed by atoms with E-state index in [1.54, 1.807) is 0 Å². The van der Waals surface area contributed by atoms with Crippen molar-refractivity contribution >= 4 is 37.7 Å². The van der Waals surface area contributed by atoms with Crippen LogP contribution in [-0.4, -0.2) is 32.3 Å². The van der Waals surface area contributed by atoms with Gasteiger partial charge in [-0.2, -0.15) is 0 Å². The molecule has 0 rings (SSSR count). The molecule has 0 aromatic rings. The maximum atomic E-state index is 9.10. The Labute approximate surface area is 216 Å². The number of thiol groups is 1.